The molecular formula is C20H19F3N4O. The first-order valence-corrected chi connectivity index (χ1v) is 8.62. The van der Waals surface area contributed by atoms with Crippen molar-refractivity contribution in [3.63, 3.8) is 0 Å². The molecule has 0 unspecified atom stereocenters. The molecule has 3 aromatic rings. The molecule has 2 aromatic heterocycles. The molecule has 0 bridgehead atoms. The van der Waals surface area contributed by atoms with Gasteiger partial charge in [-0.2, -0.15) is 4.98 Å². The average molecular weight is 388 g/mol. The number of hydrogen-bond donors (Lipinski definition) is 1. The SMILES string of the molecule is Cc1cc(-c2c(OC(C)C)nc(N)nc2-c2ccc(F)cc2)cc(C(F)F)n1. The number of halogens is 3. The molecular weight excluding hydrogens is 369 g/mol. The van der Waals surface area contributed by atoms with E-state index in [0.29, 0.717) is 28.1 Å². The number of benzene rings is 1. The van der Waals surface area contributed by atoms with Crippen LogP contribution in [0.4, 0.5) is 19.1 Å². The third kappa shape index (κ3) is 4.21. The van der Waals surface area contributed by atoms with Crippen LogP contribution in [-0.2, 0) is 0 Å². The summed E-state index contributed by atoms with van der Waals surface area (Å²) < 4.78 is 45.8. The Bertz CT molecular complexity index is 991. The van der Waals surface area contributed by atoms with Gasteiger partial charge in [0.05, 0.1) is 17.4 Å². The highest BCUT2D eigenvalue weighted by atomic mass is 19.3. The number of ether oxygens (including phenoxy) is 1. The van der Waals surface area contributed by atoms with Crippen LogP contribution in [0, 0.1) is 12.7 Å². The Hall–Kier alpha value is -3.16. The lowest BCUT2D eigenvalue weighted by molar-refractivity contribution is 0.146. The summed E-state index contributed by atoms with van der Waals surface area (Å²) >= 11 is 0. The van der Waals surface area contributed by atoms with Gasteiger partial charge in [0.25, 0.3) is 6.43 Å². The molecule has 0 fully saturated rings. The number of alkyl halides is 2. The van der Waals surface area contributed by atoms with Crippen molar-refractivity contribution >= 4 is 5.95 Å². The smallest absolute Gasteiger partial charge is 0.280 e. The largest absolute Gasteiger partial charge is 0.474 e. The fourth-order valence-electron chi connectivity index (χ4n) is 2.79. The lowest BCUT2D eigenvalue weighted by Gasteiger charge is -2.18. The van der Waals surface area contributed by atoms with E-state index < -0.39 is 12.2 Å². The van der Waals surface area contributed by atoms with E-state index in [2.05, 4.69) is 15.0 Å². The van der Waals surface area contributed by atoms with Gasteiger partial charge in [-0.05, 0) is 62.7 Å². The van der Waals surface area contributed by atoms with Crippen molar-refractivity contribution in [2.24, 2.45) is 0 Å². The van der Waals surface area contributed by atoms with Crippen LogP contribution < -0.4 is 10.5 Å². The highest BCUT2D eigenvalue weighted by molar-refractivity contribution is 5.85. The third-order valence-electron chi connectivity index (χ3n) is 3.84. The predicted molar refractivity (Wildman–Crippen MR) is 101 cm³/mol. The van der Waals surface area contributed by atoms with Gasteiger partial charge in [0, 0.05) is 11.3 Å². The molecule has 0 saturated carbocycles. The molecule has 5 nitrogen and oxygen atoms in total. The second-order valence-corrected chi connectivity index (χ2v) is 6.51. The van der Waals surface area contributed by atoms with Gasteiger partial charge in [-0.1, -0.05) is 0 Å². The maximum atomic E-state index is 13.4. The molecule has 0 aliphatic rings. The van der Waals surface area contributed by atoms with Crippen LogP contribution in [0.3, 0.4) is 0 Å². The highest BCUT2D eigenvalue weighted by Crippen LogP contribution is 2.39. The zero-order valence-corrected chi connectivity index (χ0v) is 15.6. The Morgan fingerprint density at radius 3 is 2.25 bits per heavy atom. The minimum Gasteiger partial charge on any atom is -0.474 e. The predicted octanol–water partition coefficient (Wildman–Crippen LogP) is 4.96. The van der Waals surface area contributed by atoms with Crippen LogP contribution in [0.15, 0.2) is 36.4 Å². The van der Waals surface area contributed by atoms with Crippen molar-refractivity contribution in [2.45, 2.75) is 33.3 Å². The zero-order valence-electron chi connectivity index (χ0n) is 15.6. The van der Waals surface area contributed by atoms with Crippen molar-refractivity contribution in [3.05, 3.63) is 53.6 Å². The van der Waals surface area contributed by atoms with Gasteiger partial charge in [0.15, 0.2) is 0 Å². The Morgan fingerprint density at radius 2 is 1.64 bits per heavy atom. The van der Waals surface area contributed by atoms with E-state index >= 15 is 0 Å². The number of aromatic nitrogens is 3. The van der Waals surface area contributed by atoms with E-state index in [0.717, 1.165) is 0 Å². The average Bonchev–Trinajstić information content (AvgIpc) is 2.60. The topological polar surface area (TPSA) is 73.9 Å². The molecule has 28 heavy (non-hydrogen) atoms. The van der Waals surface area contributed by atoms with Crippen molar-refractivity contribution < 1.29 is 17.9 Å². The number of nitrogen functional groups attached to an aromatic ring is 1. The number of nitrogens with zero attached hydrogens (tertiary/aromatic N) is 3. The fourth-order valence-corrected chi connectivity index (χ4v) is 2.79. The molecule has 1 aromatic carbocycles. The Labute approximate surface area is 160 Å². The van der Waals surface area contributed by atoms with E-state index in [4.69, 9.17) is 10.5 Å². The van der Waals surface area contributed by atoms with Crippen molar-refractivity contribution in [1.29, 1.82) is 0 Å². The Balaban J connectivity index is 2.32. The first-order valence-electron chi connectivity index (χ1n) is 8.62. The monoisotopic (exact) mass is 388 g/mol. The van der Waals surface area contributed by atoms with Gasteiger partial charge in [0.2, 0.25) is 11.8 Å². The second-order valence-electron chi connectivity index (χ2n) is 6.51. The molecule has 0 saturated heterocycles. The molecule has 2 heterocycles. The standard InChI is InChI=1S/C20H19F3N4O/c1-10(2)28-19-16(13-8-11(3)25-15(9-13)18(22)23)17(26-20(24)27-19)12-4-6-14(21)7-5-12/h4-10,18H,1-3H3,(H2,24,26,27). The number of hydrogen-bond acceptors (Lipinski definition) is 5. The summed E-state index contributed by atoms with van der Waals surface area (Å²) in [6.07, 6.45) is -2.98. The van der Waals surface area contributed by atoms with E-state index in [9.17, 15) is 13.2 Å². The van der Waals surface area contributed by atoms with Gasteiger partial charge in [-0.15, -0.1) is 0 Å². The fraction of sp³-hybridized carbons (Fsp3) is 0.250. The van der Waals surface area contributed by atoms with Gasteiger partial charge in [-0.25, -0.2) is 18.2 Å². The van der Waals surface area contributed by atoms with Crippen LogP contribution in [0.5, 0.6) is 5.88 Å². The summed E-state index contributed by atoms with van der Waals surface area (Å²) in [7, 11) is 0. The summed E-state index contributed by atoms with van der Waals surface area (Å²) in [4.78, 5) is 12.3. The molecule has 0 aliphatic heterocycles. The van der Waals surface area contributed by atoms with Gasteiger partial charge in [-0.3, -0.25) is 4.98 Å². The van der Waals surface area contributed by atoms with Crippen molar-refractivity contribution in [3.8, 4) is 28.3 Å². The maximum absolute atomic E-state index is 13.4. The number of nitrogens with two attached hydrogens (primary N) is 1. The Morgan fingerprint density at radius 1 is 0.964 bits per heavy atom. The molecule has 0 atom stereocenters. The van der Waals surface area contributed by atoms with Gasteiger partial charge < -0.3 is 10.5 Å². The first-order chi connectivity index (χ1) is 13.2. The van der Waals surface area contributed by atoms with Crippen LogP contribution in [0.1, 0.15) is 31.7 Å². The molecule has 0 spiro atoms. The maximum Gasteiger partial charge on any atom is 0.280 e. The summed E-state index contributed by atoms with van der Waals surface area (Å²) in [5.41, 5.74) is 7.60. The van der Waals surface area contributed by atoms with Crippen LogP contribution >= 0.6 is 0 Å². The lowest BCUT2D eigenvalue weighted by atomic mass is 9.99. The van der Waals surface area contributed by atoms with E-state index in [1.807, 2.05) is 13.8 Å². The van der Waals surface area contributed by atoms with Gasteiger partial charge in [0.1, 0.15) is 11.5 Å². The van der Waals surface area contributed by atoms with Crippen molar-refractivity contribution in [2.75, 3.05) is 5.73 Å². The molecule has 0 radical (unpaired) electrons. The van der Waals surface area contributed by atoms with Crippen LogP contribution in [-0.4, -0.2) is 21.1 Å². The first kappa shape index (κ1) is 19.6. The van der Waals surface area contributed by atoms with E-state index in [1.54, 1.807) is 13.0 Å². The Kier molecular flexibility index (Phi) is 5.48. The minimum absolute atomic E-state index is 0.0430. The van der Waals surface area contributed by atoms with E-state index in [-0.39, 0.29) is 23.6 Å². The zero-order chi connectivity index (χ0) is 20.4. The summed E-state index contributed by atoms with van der Waals surface area (Å²) in [6.45, 7) is 5.23. The molecule has 3 rings (SSSR count). The number of anilines is 1. The molecule has 0 amide bonds. The molecule has 146 valence electrons. The minimum atomic E-state index is -2.74. The highest BCUT2D eigenvalue weighted by Gasteiger charge is 2.22. The second kappa shape index (κ2) is 7.84. The molecule has 8 heteroatoms. The number of aryl methyl sites for hydroxylation is 1. The lowest BCUT2D eigenvalue weighted by Crippen LogP contribution is -2.11. The van der Waals surface area contributed by atoms with Crippen molar-refractivity contribution in [1.82, 2.24) is 15.0 Å². The quantitative estimate of drug-likeness (QED) is 0.669. The summed E-state index contributed by atoms with van der Waals surface area (Å²) in [5, 5.41) is 0. The van der Waals surface area contributed by atoms with Gasteiger partial charge >= 0.3 is 0 Å². The normalized spacial score (nSPS) is 11.3. The summed E-state index contributed by atoms with van der Waals surface area (Å²) in [5.74, 6) is -0.294. The third-order valence-corrected chi connectivity index (χ3v) is 3.84. The number of pyridine rings is 1. The molecule has 2 N–H and O–H groups in total. The van der Waals surface area contributed by atoms with E-state index in [1.165, 1.54) is 30.3 Å². The van der Waals surface area contributed by atoms with Crippen LogP contribution in [0.2, 0.25) is 0 Å². The number of rotatable bonds is 5. The van der Waals surface area contributed by atoms with Crippen LogP contribution in [0.25, 0.3) is 22.4 Å². The molecule has 0 aliphatic carbocycles. The summed E-state index contributed by atoms with van der Waals surface area (Å²) in [6, 6.07) is 8.53.